The molecule has 144 valence electrons. The number of carbonyl (C=O) groups is 1. The lowest BCUT2D eigenvalue weighted by molar-refractivity contribution is 0.0697. The number of ether oxygens (including phenoxy) is 1. The Hall–Kier alpha value is -3.79. The molecule has 0 saturated carbocycles. The highest BCUT2D eigenvalue weighted by molar-refractivity contribution is 5.88. The molecular weight excluding hydrogens is 362 g/mol. The van der Waals surface area contributed by atoms with Crippen molar-refractivity contribution in [1.29, 1.82) is 0 Å². The number of anilines is 1. The quantitative estimate of drug-likeness (QED) is 0.428. The van der Waals surface area contributed by atoms with Crippen molar-refractivity contribution in [3.8, 4) is 5.75 Å². The maximum Gasteiger partial charge on any atom is 0.335 e. The number of benzene rings is 4. The van der Waals surface area contributed by atoms with Crippen molar-refractivity contribution in [2.45, 2.75) is 13.2 Å². The Morgan fingerprint density at radius 3 is 2.45 bits per heavy atom. The minimum Gasteiger partial charge on any atom is -0.489 e. The summed E-state index contributed by atoms with van der Waals surface area (Å²) in [5, 5.41) is 14.7. The van der Waals surface area contributed by atoms with Crippen molar-refractivity contribution in [2.75, 3.05) is 5.32 Å². The summed E-state index contributed by atoms with van der Waals surface area (Å²) in [7, 11) is 0. The fraction of sp³-hybridized carbons (Fsp3) is 0.0800. The topological polar surface area (TPSA) is 58.6 Å². The van der Waals surface area contributed by atoms with Crippen LogP contribution < -0.4 is 10.1 Å². The normalized spacial score (nSPS) is 10.6. The minimum absolute atomic E-state index is 0.277. The van der Waals surface area contributed by atoms with Gasteiger partial charge in [-0.15, -0.1) is 0 Å². The van der Waals surface area contributed by atoms with Crippen LogP contribution in [0.4, 0.5) is 5.69 Å². The smallest absolute Gasteiger partial charge is 0.335 e. The first-order chi connectivity index (χ1) is 14.2. The fourth-order valence-corrected chi connectivity index (χ4v) is 3.26. The number of nitrogens with one attached hydrogen (secondary N) is 1. The summed E-state index contributed by atoms with van der Waals surface area (Å²) in [6, 6.07) is 29.3. The molecule has 0 atom stereocenters. The summed E-state index contributed by atoms with van der Waals surface area (Å²) in [6.45, 7) is 1.13. The van der Waals surface area contributed by atoms with E-state index in [0.29, 0.717) is 13.2 Å². The predicted molar refractivity (Wildman–Crippen MR) is 115 cm³/mol. The largest absolute Gasteiger partial charge is 0.489 e. The third-order valence-electron chi connectivity index (χ3n) is 4.80. The van der Waals surface area contributed by atoms with Crippen molar-refractivity contribution >= 4 is 22.4 Å². The van der Waals surface area contributed by atoms with Crippen molar-refractivity contribution in [3.05, 3.63) is 108 Å². The Morgan fingerprint density at radius 1 is 0.862 bits per heavy atom. The molecule has 4 aromatic rings. The van der Waals surface area contributed by atoms with Crippen LogP contribution in [0, 0.1) is 0 Å². The Labute approximate surface area is 169 Å². The molecule has 0 aromatic heterocycles. The highest BCUT2D eigenvalue weighted by atomic mass is 16.5. The molecule has 4 nitrogen and oxygen atoms in total. The molecule has 0 aliphatic carbocycles. The Bertz CT molecular complexity index is 1130. The van der Waals surface area contributed by atoms with Crippen molar-refractivity contribution in [3.63, 3.8) is 0 Å². The molecule has 0 aliphatic rings. The van der Waals surface area contributed by atoms with Gasteiger partial charge in [0.1, 0.15) is 12.4 Å². The fourth-order valence-electron chi connectivity index (χ4n) is 3.26. The lowest BCUT2D eigenvalue weighted by Crippen LogP contribution is -2.02. The molecule has 4 heteroatoms. The molecule has 0 radical (unpaired) electrons. The van der Waals surface area contributed by atoms with Gasteiger partial charge in [-0.25, -0.2) is 4.79 Å². The van der Waals surface area contributed by atoms with Crippen molar-refractivity contribution < 1.29 is 14.6 Å². The maximum atomic E-state index is 10.9. The Kier molecular flexibility index (Phi) is 5.43. The monoisotopic (exact) mass is 383 g/mol. The zero-order valence-corrected chi connectivity index (χ0v) is 15.8. The van der Waals surface area contributed by atoms with Gasteiger partial charge in [0.2, 0.25) is 0 Å². The summed E-state index contributed by atoms with van der Waals surface area (Å²) in [5.41, 5.74) is 3.39. The molecule has 0 amide bonds. The van der Waals surface area contributed by atoms with E-state index in [4.69, 9.17) is 9.84 Å². The lowest BCUT2D eigenvalue weighted by atomic mass is 10.1. The van der Waals surface area contributed by atoms with Gasteiger partial charge in [-0.2, -0.15) is 0 Å². The highest BCUT2D eigenvalue weighted by Crippen LogP contribution is 2.21. The molecule has 0 bridgehead atoms. The second kappa shape index (κ2) is 8.48. The zero-order valence-electron chi connectivity index (χ0n) is 15.8. The van der Waals surface area contributed by atoms with E-state index in [1.54, 1.807) is 24.3 Å². The van der Waals surface area contributed by atoms with E-state index >= 15 is 0 Å². The molecule has 0 fully saturated rings. The average molecular weight is 383 g/mol. The molecule has 0 saturated heterocycles. The van der Waals surface area contributed by atoms with Crippen LogP contribution in [0.2, 0.25) is 0 Å². The minimum atomic E-state index is -0.924. The molecular formula is C25H21NO3. The number of rotatable bonds is 7. The number of carboxylic acid groups (broad SMARTS) is 1. The zero-order chi connectivity index (χ0) is 20.1. The van der Waals surface area contributed by atoms with Crippen LogP contribution in [0.5, 0.6) is 5.75 Å². The molecule has 2 N–H and O–H groups in total. The SMILES string of the molecule is O=C(O)c1ccc(NCc2cccc(OCc3cccc4ccccc34)c2)cc1. The average Bonchev–Trinajstić information content (AvgIpc) is 2.77. The molecule has 4 aromatic carbocycles. The third kappa shape index (κ3) is 4.55. The van der Waals surface area contributed by atoms with E-state index in [1.807, 2.05) is 36.4 Å². The van der Waals surface area contributed by atoms with Gasteiger partial charge in [0, 0.05) is 12.2 Å². The standard InChI is InChI=1S/C25H21NO3/c27-25(28)20-11-13-22(14-12-20)26-16-18-5-3-9-23(15-18)29-17-21-8-4-7-19-6-1-2-10-24(19)21/h1-15,26H,16-17H2,(H,27,28). The summed E-state index contributed by atoms with van der Waals surface area (Å²) < 4.78 is 6.04. The van der Waals surface area contributed by atoms with Crippen LogP contribution in [-0.2, 0) is 13.2 Å². The van der Waals surface area contributed by atoms with E-state index in [2.05, 4.69) is 35.6 Å². The van der Waals surface area contributed by atoms with E-state index in [9.17, 15) is 4.79 Å². The number of fused-ring (bicyclic) bond motifs is 1. The van der Waals surface area contributed by atoms with Crippen LogP contribution in [0.3, 0.4) is 0 Å². The molecule has 0 heterocycles. The van der Waals surface area contributed by atoms with Gasteiger partial charge in [-0.1, -0.05) is 54.6 Å². The van der Waals surface area contributed by atoms with Crippen LogP contribution >= 0.6 is 0 Å². The molecule has 29 heavy (non-hydrogen) atoms. The molecule has 0 aliphatic heterocycles. The molecule has 0 spiro atoms. The number of hydrogen-bond acceptors (Lipinski definition) is 3. The second-order valence-electron chi connectivity index (χ2n) is 6.81. The van der Waals surface area contributed by atoms with E-state index in [0.717, 1.165) is 22.6 Å². The van der Waals surface area contributed by atoms with Crippen molar-refractivity contribution in [2.24, 2.45) is 0 Å². The number of carboxylic acids is 1. The lowest BCUT2D eigenvalue weighted by Gasteiger charge is -2.11. The summed E-state index contributed by atoms with van der Waals surface area (Å²) >= 11 is 0. The predicted octanol–water partition coefficient (Wildman–Crippen LogP) is 5.73. The van der Waals surface area contributed by atoms with Crippen LogP contribution in [0.1, 0.15) is 21.5 Å². The maximum absolute atomic E-state index is 10.9. The van der Waals surface area contributed by atoms with Crippen LogP contribution in [0.15, 0.2) is 91.0 Å². The summed E-state index contributed by atoms with van der Waals surface area (Å²) in [6.07, 6.45) is 0. The Balaban J connectivity index is 1.40. The van der Waals surface area contributed by atoms with E-state index < -0.39 is 5.97 Å². The van der Waals surface area contributed by atoms with Crippen LogP contribution in [0.25, 0.3) is 10.8 Å². The van der Waals surface area contributed by atoms with Gasteiger partial charge in [-0.05, 0) is 58.3 Å². The van der Waals surface area contributed by atoms with Gasteiger partial charge in [0.05, 0.1) is 5.56 Å². The Morgan fingerprint density at radius 2 is 1.62 bits per heavy atom. The van der Waals surface area contributed by atoms with Gasteiger partial charge < -0.3 is 15.2 Å². The van der Waals surface area contributed by atoms with Gasteiger partial charge in [-0.3, -0.25) is 0 Å². The highest BCUT2D eigenvalue weighted by Gasteiger charge is 2.04. The number of aromatic carboxylic acids is 1. The van der Waals surface area contributed by atoms with E-state index in [-0.39, 0.29) is 5.56 Å². The van der Waals surface area contributed by atoms with Crippen LogP contribution in [-0.4, -0.2) is 11.1 Å². The second-order valence-corrected chi connectivity index (χ2v) is 6.81. The number of hydrogen-bond donors (Lipinski definition) is 2. The first-order valence-electron chi connectivity index (χ1n) is 9.45. The van der Waals surface area contributed by atoms with E-state index in [1.165, 1.54) is 10.8 Å². The molecule has 4 rings (SSSR count). The summed E-state index contributed by atoms with van der Waals surface area (Å²) in [5.74, 6) is -0.106. The first-order valence-corrected chi connectivity index (χ1v) is 9.45. The third-order valence-corrected chi connectivity index (χ3v) is 4.80. The van der Waals surface area contributed by atoms with Gasteiger partial charge in [0.15, 0.2) is 0 Å². The molecule has 0 unspecified atom stereocenters. The van der Waals surface area contributed by atoms with Crippen molar-refractivity contribution in [1.82, 2.24) is 0 Å². The van der Waals surface area contributed by atoms with Gasteiger partial charge in [0.25, 0.3) is 0 Å². The van der Waals surface area contributed by atoms with Gasteiger partial charge >= 0.3 is 5.97 Å². The first kappa shape index (κ1) is 18.6. The summed E-state index contributed by atoms with van der Waals surface area (Å²) in [4.78, 5) is 10.9.